The van der Waals surface area contributed by atoms with E-state index in [1.54, 1.807) is 33.2 Å². The number of nitrogens with one attached hydrogen (secondary N) is 1. The van der Waals surface area contributed by atoms with Crippen molar-refractivity contribution in [3.63, 3.8) is 0 Å². The van der Waals surface area contributed by atoms with E-state index in [0.29, 0.717) is 5.82 Å². The summed E-state index contributed by atoms with van der Waals surface area (Å²) in [5.41, 5.74) is 5.10. The lowest BCUT2D eigenvalue weighted by Crippen LogP contribution is -2.32. The molecule has 0 spiro atoms. The Hall–Kier alpha value is -1.36. The fourth-order valence-electron chi connectivity index (χ4n) is 0.924. The molecular weight excluding hydrogens is 182 g/mol. The van der Waals surface area contributed by atoms with Crippen molar-refractivity contribution < 1.29 is 9.53 Å². The van der Waals surface area contributed by atoms with Crippen molar-refractivity contribution in [1.29, 1.82) is 0 Å². The van der Waals surface area contributed by atoms with Gasteiger partial charge in [0.15, 0.2) is 6.04 Å². The summed E-state index contributed by atoms with van der Waals surface area (Å²) in [4.78, 5) is 18.1. The smallest absolute Gasteiger partial charge is 0.331 e. The van der Waals surface area contributed by atoms with Crippen LogP contribution in [0, 0.1) is 0 Å². The first-order valence-electron chi connectivity index (χ1n) is 4.38. The third kappa shape index (κ3) is 2.85. The number of H-pyrrole nitrogens is 1. The Bertz CT molecular complexity index is 300. The molecule has 1 aromatic rings. The van der Waals surface area contributed by atoms with E-state index in [1.807, 2.05) is 0 Å². The Morgan fingerprint density at radius 2 is 2.29 bits per heavy atom. The molecule has 0 amide bonds. The first kappa shape index (κ1) is 10.7. The number of carbonyl (C=O) groups excluding carboxylic acids is 1. The summed E-state index contributed by atoms with van der Waals surface area (Å²) in [5.74, 6) is -0.0632. The standard InChI is InChI=1S/C9H15N3O2/c1-9(2,3)14-8(13)6(10)7-11-4-5-12-7/h4-6H,10H2,1-3H3,(H,11,12). The fraction of sp³-hybridized carbons (Fsp3) is 0.556. The zero-order valence-corrected chi connectivity index (χ0v) is 8.57. The van der Waals surface area contributed by atoms with Crippen LogP contribution in [0.25, 0.3) is 0 Å². The molecule has 5 heteroatoms. The first-order chi connectivity index (χ1) is 6.40. The van der Waals surface area contributed by atoms with Crippen LogP contribution in [0.2, 0.25) is 0 Å². The summed E-state index contributed by atoms with van der Waals surface area (Å²) in [6.07, 6.45) is 3.15. The number of rotatable bonds is 2. The average molecular weight is 197 g/mol. The molecule has 0 saturated carbocycles. The van der Waals surface area contributed by atoms with Gasteiger partial charge in [0.25, 0.3) is 0 Å². The second-order valence-electron chi connectivity index (χ2n) is 3.99. The van der Waals surface area contributed by atoms with Crippen molar-refractivity contribution in [3.05, 3.63) is 18.2 Å². The third-order valence-electron chi connectivity index (χ3n) is 1.47. The normalized spacial score (nSPS) is 13.7. The molecule has 0 aliphatic carbocycles. The maximum Gasteiger partial charge on any atom is 0.331 e. The number of nitrogens with two attached hydrogens (primary N) is 1. The predicted octanol–water partition coefficient (Wildman–Crippen LogP) is 0.751. The number of ether oxygens (including phenoxy) is 1. The van der Waals surface area contributed by atoms with E-state index in [1.165, 1.54) is 0 Å². The molecule has 0 bridgehead atoms. The number of esters is 1. The van der Waals surface area contributed by atoms with Crippen LogP contribution in [0.3, 0.4) is 0 Å². The zero-order chi connectivity index (χ0) is 10.8. The number of aromatic nitrogens is 2. The van der Waals surface area contributed by atoms with Gasteiger partial charge in [0.05, 0.1) is 0 Å². The summed E-state index contributed by atoms with van der Waals surface area (Å²) in [6, 6.07) is -0.843. The summed E-state index contributed by atoms with van der Waals surface area (Å²) in [5, 5.41) is 0. The van der Waals surface area contributed by atoms with E-state index in [9.17, 15) is 4.79 Å². The number of carbonyl (C=O) groups is 1. The lowest BCUT2D eigenvalue weighted by molar-refractivity contribution is -0.156. The van der Waals surface area contributed by atoms with E-state index in [4.69, 9.17) is 10.5 Å². The summed E-state index contributed by atoms with van der Waals surface area (Å²) in [6.45, 7) is 5.37. The monoisotopic (exact) mass is 197 g/mol. The zero-order valence-electron chi connectivity index (χ0n) is 8.57. The minimum Gasteiger partial charge on any atom is -0.458 e. The molecule has 14 heavy (non-hydrogen) atoms. The lowest BCUT2D eigenvalue weighted by Gasteiger charge is -2.21. The molecule has 5 nitrogen and oxygen atoms in total. The van der Waals surface area contributed by atoms with Crippen LogP contribution >= 0.6 is 0 Å². The molecule has 1 rings (SSSR count). The highest BCUT2D eigenvalue weighted by Crippen LogP contribution is 2.13. The number of hydrogen-bond donors (Lipinski definition) is 2. The van der Waals surface area contributed by atoms with Gasteiger partial charge < -0.3 is 15.5 Å². The molecule has 1 aromatic heterocycles. The quantitative estimate of drug-likeness (QED) is 0.685. The molecule has 0 saturated heterocycles. The van der Waals surface area contributed by atoms with Gasteiger partial charge in [-0.15, -0.1) is 0 Å². The molecule has 0 radical (unpaired) electrons. The molecule has 1 heterocycles. The Labute approximate surface area is 82.7 Å². The van der Waals surface area contributed by atoms with Crippen molar-refractivity contribution in [3.8, 4) is 0 Å². The van der Waals surface area contributed by atoms with Crippen LogP contribution in [0.4, 0.5) is 0 Å². The number of imidazole rings is 1. The highest BCUT2D eigenvalue weighted by molar-refractivity contribution is 5.76. The van der Waals surface area contributed by atoms with Gasteiger partial charge in [-0.2, -0.15) is 0 Å². The van der Waals surface area contributed by atoms with Crippen molar-refractivity contribution in [1.82, 2.24) is 9.97 Å². The second kappa shape index (κ2) is 3.79. The van der Waals surface area contributed by atoms with Gasteiger partial charge in [0.1, 0.15) is 11.4 Å². The Kier molecular flexibility index (Phi) is 2.90. The van der Waals surface area contributed by atoms with Crippen molar-refractivity contribution in [2.45, 2.75) is 32.4 Å². The Morgan fingerprint density at radius 1 is 1.64 bits per heavy atom. The topological polar surface area (TPSA) is 81.0 Å². The third-order valence-corrected chi connectivity index (χ3v) is 1.47. The van der Waals surface area contributed by atoms with E-state index in [-0.39, 0.29) is 0 Å². The summed E-state index contributed by atoms with van der Waals surface area (Å²) >= 11 is 0. The Morgan fingerprint density at radius 3 is 2.71 bits per heavy atom. The SMILES string of the molecule is CC(C)(C)OC(=O)C(N)c1ncc[nH]1. The predicted molar refractivity (Wildman–Crippen MR) is 51.4 cm³/mol. The van der Waals surface area contributed by atoms with E-state index in [0.717, 1.165) is 0 Å². The van der Waals surface area contributed by atoms with Crippen molar-refractivity contribution >= 4 is 5.97 Å². The Balaban J connectivity index is 2.63. The van der Waals surface area contributed by atoms with Gasteiger partial charge in [-0.05, 0) is 20.8 Å². The minimum atomic E-state index is -0.843. The molecule has 0 fully saturated rings. The van der Waals surface area contributed by atoms with Gasteiger partial charge in [0.2, 0.25) is 0 Å². The van der Waals surface area contributed by atoms with Crippen LogP contribution < -0.4 is 5.73 Å². The summed E-state index contributed by atoms with van der Waals surface area (Å²) < 4.78 is 5.10. The second-order valence-corrected chi connectivity index (χ2v) is 3.99. The minimum absolute atomic E-state index is 0.416. The van der Waals surface area contributed by atoms with Crippen molar-refractivity contribution in [2.24, 2.45) is 5.73 Å². The molecule has 0 aliphatic heterocycles. The highest BCUT2D eigenvalue weighted by atomic mass is 16.6. The molecule has 3 N–H and O–H groups in total. The fourth-order valence-corrected chi connectivity index (χ4v) is 0.924. The highest BCUT2D eigenvalue weighted by Gasteiger charge is 2.24. The van der Waals surface area contributed by atoms with Gasteiger partial charge in [-0.3, -0.25) is 0 Å². The summed E-state index contributed by atoms with van der Waals surface area (Å²) in [7, 11) is 0. The van der Waals surface area contributed by atoms with Crippen LogP contribution in [-0.2, 0) is 9.53 Å². The molecule has 0 aromatic carbocycles. The maximum atomic E-state index is 11.4. The van der Waals surface area contributed by atoms with Gasteiger partial charge in [0, 0.05) is 12.4 Å². The molecule has 0 aliphatic rings. The van der Waals surface area contributed by atoms with Gasteiger partial charge in [-0.1, -0.05) is 0 Å². The number of hydrogen-bond acceptors (Lipinski definition) is 4. The van der Waals surface area contributed by atoms with Crippen LogP contribution in [-0.4, -0.2) is 21.5 Å². The van der Waals surface area contributed by atoms with Crippen LogP contribution in [0.1, 0.15) is 32.6 Å². The van der Waals surface area contributed by atoms with Gasteiger partial charge >= 0.3 is 5.97 Å². The van der Waals surface area contributed by atoms with Crippen molar-refractivity contribution in [2.75, 3.05) is 0 Å². The number of aromatic amines is 1. The van der Waals surface area contributed by atoms with E-state index >= 15 is 0 Å². The molecule has 1 unspecified atom stereocenters. The molecule has 78 valence electrons. The van der Waals surface area contributed by atoms with Crippen LogP contribution in [0.5, 0.6) is 0 Å². The lowest BCUT2D eigenvalue weighted by atomic mass is 10.2. The maximum absolute atomic E-state index is 11.4. The number of nitrogens with zero attached hydrogens (tertiary/aromatic N) is 1. The largest absolute Gasteiger partial charge is 0.458 e. The molecular formula is C9H15N3O2. The average Bonchev–Trinajstić information content (AvgIpc) is 2.51. The molecule has 1 atom stereocenters. The van der Waals surface area contributed by atoms with Gasteiger partial charge in [-0.25, -0.2) is 9.78 Å². The van der Waals surface area contributed by atoms with Crippen LogP contribution in [0.15, 0.2) is 12.4 Å². The first-order valence-corrected chi connectivity index (χ1v) is 4.38. The van der Waals surface area contributed by atoms with E-state index in [2.05, 4.69) is 9.97 Å². The van der Waals surface area contributed by atoms with E-state index < -0.39 is 17.6 Å².